The summed E-state index contributed by atoms with van der Waals surface area (Å²) in [5, 5.41) is 19.1. The maximum atomic E-state index is 12.2. The van der Waals surface area contributed by atoms with Gasteiger partial charge in [-0.2, -0.15) is 5.26 Å². The molecule has 0 aromatic carbocycles. The molecule has 0 bridgehead atoms. The maximum absolute atomic E-state index is 12.2. The lowest BCUT2D eigenvalue weighted by Crippen LogP contribution is -2.14. The Hall–Kier alpha value is -1.72. The zero-order chi connectivity index (χ0) is 16.3. The number of thiazole rings is 1. The summed E-state index contributed by atoms with van der Waals surface area (Å²) in [6, 6.07) is 2.03. The highest BCUT2D eigenvalue weighted by Gasteiger charge is 2.24. The van der Waals surface area contributed by atoms with Crippen LogP contribution >= 0.6 is 23.1 Å². The molecule has 2 aromatic rings. The Labute approximate surface area is 137 Å². The molecular weight excluding hydrogens is 318 g/mol. The number of nitrogens with one attached hydrogen (secondary N) is 1. The Morgan fingerprint density at radius 3 is 2.73 bits per heavy atom. The van der Waals surface area contributed by atoms with Gasteiger partial charge in [0.2, 0.25) is 5.16 Å². The van der Waals surface area contributed by atoms with Crippen LogP contribution in [-0.2, 0) is 10.2 Å². The summed E-state index contributed by atoms with van der Waals surface area (Å²) < 4.78 is 0. The van der Waals surface area contributed by atoms with Crippen LogP contribution in [-0.4, -0.2) is 31.7 Å². The Morgan fingerprint density at radius 1 is 1.50 bits per heavy atom. The van der Waals surface area contributed by atoms with E-state index in [0.29, 0.717) is 10.2 Å². The number of aromatic nitrogens is 4. The van der Waals surface area contributed by atoms with Gasteiger partial charge >= 0.3 is 0 Å². The summed E-state index contributed by atoms with van der Waals surface area (Å²) in [5.41, 5.74) is 0.702. The molecule has 0 saturated heterocycles. The molecule has 1 N–H and O–H groups in total. The van der Waals surface area contributed by atoms with Crippen LogP contribution in [0.4, 0.5) is 0 Å². The number of hydrogen-bond donors (Lipinski definition) is 1. The van der Waals surface area contributed by atoms with Crippen LogP contribution in [0.15, 0.2) is 10.5 Å². The van der Waals surface area contributed by atoms with Crippen molar-refractivity contribution < 1.29 is 4.79 Å². The van der Waals surface area contributed by atoms with Crippen molar-refractivity contribution in [3.8, 4) is 6.07 Å². The second kappa shape index (κ2) is 6.58. The monoisotopic (exact) mass is 335 g/mol. The summed E-state index contributed by atoms with van der Waals surface area (Å²) in [6.45, 7) is 7.94. The van der Waals surface area contributed by atoms with Crippen LogP contribution in [0.3, 0.4) is 0 Å². The Morgan fingerprint density at radius 2 is 2.23 bits per heavy atom. The predicted molar refractivity (Wildman–Crippen MR) is 86.0 cm³/mol. The van der Waals surface area contributed by atoms with Crippen molar-refractivity contribution in [2.45, 2.75) is 44.2 Å². The minimum absolute atomic E-state index is 0.122. The van der Waals surface area contributed by atoms with Crippen molar-refractivity contribution in [3.63, 3.8) is 0 Å². The molecule has 22 heavy (non-hydrogen) atoms. The van der Waals surface area contributed by atoms with E-state index in [2.05, 4.69) is 20.2 Å². The summed E-state index contributed by atoms with van der Waals surface area (Å²) in [5.74, 6) is -0.0656. The molecule has 0 saturated carbocycles. The van der Waals surface area contributed by atoms with Gasteiger partial charge in [-0.3, -0.25) is 9.89 Å². The largest absolute Gasteiger partial charge is 0.297 e. The molecule has 116 valence electrons. The normalized spacial score (nSPS) is 12.9. The van der Waals surface area contributed by atoms with Crippen LogP contribution in [0.1, 0.15) is 43.2 Å². The van der Waals surface area contributed by atoms with Gasteiger partial charge < -0.3 is 0 Å². The van der Waals surface area contributed by atoms with E-state index in [4.69, 9.17) is 0 Å². The first-order chi connectivity index (χ1) is 10.3. The molecule has 0 amide bonds. The molecule has 0 aliphatic carbocycles. The molecule has 2 aromatic heterocycles. The number of hydrogen-bond acceptors (Lipinski definition) is 7. The smallest absolute Gasteiger partial charge is 0.208 e. The minimum Gasteiger partial charge on any atom is -0.297 e. The van der Waals surface area contributed by atoms with E-state index in [-0.39, 0.29) is 17.0 Å². The van der Waals surface area contributed by atoms with Gasteiger partial charge in [-0.05, 0) is 6.92 Å². The fourth-order valence-corrected chi connectivity index (χ4v) is 3.20. The maximum Gasteiger partial charge on any atom is 0.208 e. The summed E-state index contributed by atoms with van der Waals surface area (Å²) >= 11 is 2.57. The number of aromatic amines is 1. The van der Waals surface area contributed by atoms with Crippen molar-refractivity contribution >= 4 is 28.9 Å². The number of H-pyrrole nitrogens is 1. The van der Waals surface area contributed by atoms with Gasteiger partial charge in [-0.15, -0.1) is 16.4 Å². The Bertz CT molecular complexity index is 707. The lowest BCUT2D eigenvalue weighted by molar-refractivity contribution is -0.116. The van der Waals surface area contributed by atoms with Crippen molar-refractivity contribution in [3.05, 3.63) is 21.9 Å². The van der Waals surface area contributed by atoms with Gasteiger partial charge in [0, 0.05) is 16.5 Å². The third kappa shape index (κ3) is 3.93. The van der Waals surface area contributed by atoms with Crippen LogP contribution in [0.2, 0.25) is 0 Å². The van der Waals surface area contributed by atoms with Gasteiger partial charge in [0.05, 0.1) is 11.8 Å². The molecule has 0 aliphatic rings. The van der Waals surface area contributed by atoms with Gasteiger partial charge in [0.25, 0.3) is 0 Å². The van der Waals surface area contributed by atoms with E-state index in [9.17, 15) is 10.1 Å². The average molecular weight is 335 g/mol. The Balaban J connectivity index is 2.00. The van der Waals surface area contributed by atoms with E-state index in [0.717, 1.165) is 11.5 Å². The number of ketones is 1. The molecule has 2 rings (SSSR count). The zero-order valence-electron chi connectivity index (χ0n) is 12.9. The molecule has 8 heteroatoms. The predicted octanol–water partition coefficient (Wildman–Crippen LogP) is 2.84. The molecule has 6 nitrogen and oxygen atoms in total. The van der Waals surface area contributed by atoms with Crippen LogP contribution < -0.4 is 0 Å². The third-order valence-electron chi connectivity index (χ3n) is 2.85. The molecule has 0 fully saturated rings. The number of nitriles is 1. The van der Waals surface area contributed by atoms with Gasteiger partial charge in [0.1, 0.15) is 10.8 Å². The number of thioether (sulfide) groups is 1. The molecular formula is C14H17N5OS2. The standard InChI is InChI=1S/C14H17N5OS2/c1-8-6-21-11(16-8)9(5-15)10(20)7-22-13-17-12(18-19-13)14(2,3)4/h6,9H,7H2,1-4H3,(H,17,18,19). The fourth-order valence-electron chi connectivity index (χ4n) is 1.64. The summed E-state index contributed by atoms with van der Waals surface area (Å²) in [7, 11) is 0. The van der Waals surface area contributed by atoms with Crippen molar-refractivity contribution in [2.75, 3.05) is 5.75 Å². The number of rotatable bonds is 5. The fraction of sp³-hybridized carbons (Fsp3) is 0.500. The van der Waals surface area contributed by atoms with E-state index in [1.54, 1.807) is 0 Å². The quantitative estimate of drug-likeness (QED) is 0.844. The zero-order valence-corrected chi connectivity index (χ0v) is 14.5. The number of carbonyl (C=O) groups is 1. The van der Waals surface area contributed by atoms with Gasteiger partial charge in [0.15, 0.2) is 11.7 Å². The van der Waals surface area contributed by atoms with Crippen molar-refractivity contribution in [2.24, 2.45) is 0 Å². The van der Waals surface area contributed by atoms with Crippen LogP contribution in [0, 0.1) is 18.3 Å². The first-order valence-corrected chi connectivity index (χ1v) is 8.58. The number of aryl methyl sites for hydroxylation is 1. The second-order valence-corrected chi connectivity index (χ2v) is 7.69. The SMILES string of the molecule is Cc1csc(C(C#N)C(=O)CSc2n[nH]c(C(C)(C)C)n2)n1. The highest BCUT2D eigenvalue weighted by Crippen LogP contribution is 2.25. The highest BCUT2D eigenvalue weighted by molar-refractivity contribution is 7.99. The Kier molecular flexibility index (Phi) is 4.98. The molecule has 0 radical (unpaired) electrons. The topological polar surface area (TPSA) is 95.3 Å². The minimum atomic E-state index is -0.813. The first-order valence-electron chi connectivity index (χ1n) is 6.71. The average Bonchev–Trinajstić information content (AvgIpc) is 3.06. The van der Waals surface area contributed by atoms with Crippen molar-refractivity contribution in [1.82, 2.24) is 20.2 Å². The van der Waals surface area contributed by atoms with Crippen molar-refractivity contribution in [1.29, 1.82) is 5.26 Å². The summed E-state index contributed by atoms with van der Waals surface area (Å²) in [6.07, 6.45) is 0. The van der Waals surface area contributed by atoms with E-state index < -0.39 is 5.92 Å². The van der Waals surface area contributed by atoms with E-state index in [1.165, 1.54) is 23.1 Å². The molecule has 0 aliphatic heterocycles. The third-order valence-corrected chi connectivity index (χ3v) is 4.75. The van der Waals surface area contributed by atoms with Gasteiger partial charge in [-0.1, -0.05) is 32.5 Å². The van der Waals surface area contributed by atoms with Gasteiger partial charge in [-0.25, -0.2) is 9.97 Å². The molecule has 2 heterocycles. The number of carbonyl (C=O) groups excluding carboxylic acids is 1. The number of nitrogens with zero attached hydrogens (tertiary/aromatic N) is 4. The van der Waals surface area contributed by atoms with E-state index >= 15 is 0 Å². The molecule has 0 spiro atoms. The lowest BCUT2D eigenvalue weighted by atomic mass is 9.96. The lowest BCUT2D eigenvalue weighted by Gasteiger charge is -2.12. The van der Waals surface area contributed by atoms with E-state index in [1.807, 2.05) is 39.1 Å². The molecule has 1 atom stereocenters. The summed E-state index contributed by atoms with van der Waals surface area (Å²) in [4.78, 5) is 20.8. The number of Topliss-reactive ketones (excluding diaryl/α,β-unsaturated/α-hetero) is 1. The highest BCUT2D eigenvalue weighted by atomic mass is 32.2. The van der Waals surface area contributed by atoms with Crippen LogP contribution in [0.5, 0.6) is 0 Å². The second-order valence-electron chi connectivity index (χ2n) is 5.86. The first kappa shape index (κ1) is 16.6. The molecule has 1 unspecified atom stereocenters. The van der Waals surface area contributed by atoms with Crippen LogP contribution in [0.25, 0.3) is 0 Å².